The molecule has 0 bridgehead atoms. The summed E-state index contributed by atoms with van der Waals surface area (Å²) in [5.41, 5.74) is 1.27. The average molecular weight is 295 g/mol. The van der Waals surface area contributed by atoms with E-state index in [1.54, 1.807) is 6.92 Å². The maximum Gasteiger partial charge on any atom is 0.337 e. The molecule has 2 aliphatic rings. The number of carbonyl (C=O) groups excluding carboxylic acids is 2. The molecule has 21 heavy (non-hydrogen) atoms. The van der Waals surface area contributed by atoms with Crippen molar-refractivity contribution in [1.29, 1.82) is 0 Å². The first-order valence-electron chi connectivity index (χ1n) is 7.85. The van der Waals surface area contributed by atoms with Gasteiger partial charge in [-0.2, -0.15) is 0 Å². The molecule has 0 radical (unpaired) electrons. The second kappa shape index (κ2) is 7.45. The fourth-order valence-corrected chi connectivity index (χ4v) is 2.93. The molecule has 2 amide bonds. The molecule has 0 saturated carbocycles. The molecular formula is C15H25N3O3. The number of hydrogen-bond donors (Lipinski definition) is 2. The molecule has 2 aliphatic heterocycles. The van der Waals surface area contributed by atoms with Crippen molar-refractivity contribution < 1.29 is 14.3 Å². The molecule has 1 atom stereocenters. The maximum absolute atomic E-state index is 12.2. The van der Waals surface area contributed by atoms with Gasteiger partial charge in [-0.3, -0.25) is 4.90 Å². The molecule has 0 aliphatic carbocycles. The quantitative estimate of drug-likeness (QED) is 0.752. The largest absolute Gasteiger partial charge is 0.463 e. The number of esters is 1. The van der Waals surface area contributed by atoms with Gasteiger partial charge in [0, 0.05) is 12.2 Å². The lowest BCUT2D eigenvalue weighted by Crippen LogP contribution is -2.52. The summed E-state index contributed by atoms with van der Waals surface area (Å²) in [5, 5.41) is 5.60. The molecule has 0 aromatic rings. The van der Waals surface area contributed by atoms with Crippen molar-refractivity contribution >= 4 is 12.0 Å². The van der Waals surface area contributed by atoms with Crippen molar-refractivity contribution in [1.82, 2.24) is 15.5 Å². The highest BCUT2D eigenvalue weighted by atomic mass is 16.5. The number of likely N-dealkylation sites (tertiary alicyclic amines) is 1. The Balaban J connectivity index is 2.22. The molecule has 2 rings (SSSR count). The number of nitrogens with zero attached hydrogens (tertiary/aromatic N) is 1. The van der Waals surface area contributed by atoms with Crippen LogP contribution in [-0.2, 0) is 9.53 Å². The van der Waals surface area contributed by atoms with Crippen LogP contribution in [-0.4, -0.2) is 49.2 Å². The Morgan fingerprint density at radius 2 is 2.00 bits per heavy atom. The van der Waals surface area contributed by atoms with Crippen LogP contribution in [0, 0.1) is 0 Å². The van der Waals surface area contributed by atoms with Gasteiger partial charge in [-0.05, 0) is 39.3 Å². The summed E-state index contributed by atoms with van der Waals surface area (Å²) in [6, 6.07) is -0.500. The minimum Gasteiger partial charge on any atom is -0.463 e. The molecule has 6 nitrogen and oxygen atoms in total. The van der Waals surface area contributed by atoms with Crippen molar-refractivity contribution in [3.05, 3.63) is 11.3 Å². The lowest BCUT2D eigenvalue weighted by atomic mass is 9.99. The number of urea groups is 1. The van der Waals surface area contributed by atoms with Gasteiger partial charge in [0.05, 0.1) is 18.2 Å². The number of piperidine rings is 1. The number of rotatable bonds is 5. The molecule has 0 aromatic carbocycles. The fourth-order valence-electron chi connectivity index (χ4n) is 2.93. The van der Waals surface area contributed by atoms with Crippen LogP contribution in [0.5, 0.6) is 0 Å². The number of nitrogens with one attached hydrogen (secondary N) is 2. The van der Waals surface area contributed by atoms with E-state index in [1.807, 2.05) is 6.92 Å². The molecule has 0 unspecified atom stereocenters. The Kier molecular flexibility index (Phi) is 5.61. The van der Waals surface area contributed by atoms with Gasteiger partial charge in [0.2, 0.25) is 0 Å². The van der Waals surface area contributed by atoms with E-state index in [-0.39, 0.29) is 18.0 Å². The van der Waals surface area contributed by atoms with E-state index in [4.69, 9.17) is 4.74 Å². The number of carbonyl (C=O) groups is 2. The van der Waals surface area contributed by atoms with Gasteiger partial charge in [0.25, 0.3) is 0 Å². The summed E-state index contributed by atoms with van der Waals surface area (Å²) in [6.07, 6.45) is 4.27. The van der Waals surface area contributed by atoms with Crippen LogP contribution in [0.2, 0.25) is 0 Å². The summed E-state index contributed by atoms with van der Waals surface area (Å²) in [5.74, 6) is -0.330. The smallest absolute Gasteiger partial charge is 0.337 e. The fraction of sp³-hybridized carbons (Fsp3) is 0.733. The van der Waals surface area contributed by atoms with Crippen LogP contribution in [0.25, 0.3) is 0 Å². The van der Waals surface area contributed by atoms with E-state index in [0.29, 0.717) is 30.8 Å². The standard InChI is InChI=1S/C15H25N3O3/c1-3-11-13(14(19)21-4-2)12(17-15(20)16-11)10-18-8-6-5-7-9-18/h11H,3-10H2,1-2H3,(H2,16,17,20)/t11-/m1/s1. The first kappa shape index (κ1) is 15.8. The van der Waals surface area contributed by atoms with E-state index in [1.165, 1.54) is 19.3 Å². The maximum atomic E-state index is 12.2. The van der Waals surface area contributed by atoms with Crippen molar-refractivity contribution in [2.45, 2.75) is 45.6 Å². The van der Waals surface area contributed by atoms with Gasteiger partial charge in [-0.15, -0.1) is 0 Å². The molecule has 1 fully saturated rings. The van der Waals surface area contributed by atoms with Crippen LogP contribution >= 0.6 is 0 Å². The number of hydrogen-bond acceptors (Lipinski definition) is 4. The second-order valence-corrected chi connectivity index (χ2v) is 5.51. The first-order chi connectivity index (χ1) is 10.2. The molecular weight excluding hydrogens is 270 g/mol. The predicted molar refractivity (Wildman–Crippen MR) is 79.7 cm³/mol. The minimum atomic E-state index is -0.330. The lowest BCUT2D eigenvalue weighted by molar-refractivity contribution is -0.139. The van der Waals surface area contributed by atoms with E-state index in [9.17, 15) is 9.59 Å². The van der Waals surface area contributed by atoms with Gasteiger partial charge in [0.1, 0.15) is 0 Å². The summed E-state index contributed by atoms with van der Waals surface area (Å²) in [7, 11) is 0. The monoisotopic (exact) mass is 295 g/mol. The van der Waals surface area contributed by atoms with Gasteiger partial charge in [0.15, 0.2) is 0 Å². The molecule has 0 aromatic heterocycles. The van der Waals surface area contributed by atoms with Gasteiger partial charge in [-0.25, -0.2) is 9.59 Å². The molecule has 118 valence electrons. The zero-order valence-corrected chi connectivity index (χ0v) is 12.9. The lowest BCUT2D eigenvalue weighted by Gasteiger charge is -2.32. The Hall–Kier alpha value is -1.56. The summed E-state index contributed by atoms with van der Waals surface area (Å²) in [4.78, 5) is 26.3. The predicted octanol–water partition coefficient (Wildman–Crippen LogP) is 1.38. The third-order valence-corrected chi connectivity index (χ3v) is 3.98. The van der Waals surface area contributed by atoms with Crippen molar-refractivity contribution in [3.63, 3.8) is 0 Å². The molecule has 1 saturated heterocycles. The zero-order valence-electron chi connectivity index (χ0n) is 12.9. The summed E-state index contributed by atoms with van der Waals surface area (Å²) >= 11 is 0. The van der Waals surface area contributed by atoms with Crippen LogP contribution in [0.4, 0.5) is 4.79 Å². The van der Waals surface area contributed by atoms with Crippen molar-refractivity contribution in [3.8, 4) is 0 Å². The second-order valence-electron chi connectivity index (χ2n) is 5.51. The summed E-state index contributed by atoms with van der Waals surface area (Å²) < 4.78 is 5.16. The van der Waals surface area contributed by atoms with Gasteiger partial charge in [-0.1, -0.05) is 13.3 Å². The van der Waals surface area contributed by atoms with Crippen LogP contribution < -0.4 is 10.6 Å². The topological polar surface area (TPSA) is 70.7 Å². The van der Waals surface area contributed by atoms with E-state index in [0.717, 1.165) is 13.1 Å². The van der Waals surface area contributed by atoms with Crippen molar-refractivity contribution in [2.24, 2.45) is 0 Å². The van der Waals surface area contributed by atoms with Crippen LogP contribution in [0.1, 0.15) is 39.5 Å². The number of ether oxygens (including phenoxy) is 1. The highest BCUT2D eigenvalue weighted by molar-refractivity contribution is 5.94. The Labute approximate surface area is 125 Å². The summed E-state index contributed by atoms with van der Waals surface area (Å²) in [6.45, 7) is 6.72. The Morgan fingerprint density at radius 1 is 1.29 bits per heavy atom. The average Bonchev–Trinajstić information content (AvgIpc) is 2.47. The SMILES string of the molecule is CCOC(=O)C1=C(CN2CCCCC2)NC(=O)N[C@@H]1CC. The third kappa shape index (κ3) is 3.97. The highest BCUT2D eigenvalue weighted by Crippen LogP contribution is 2.19. The number of amides is 2. The highest BCUT2D eigenvalue weighted by Gasteiger charge is 2.32. The molecule has 6 heteroatoms. The molecule has 0 spiro atoms. The van der Waals surface area contributed by atoms with E-state index in [2.05, 4.69) is 15.5 Å². The zero-order chi connectivity index (χ0) is 15.2. The van der Waals surface area contributed by atoms with Crippen molar-refractivity contribution in [2.75, 3.05) is 26.2 Å². The normalized spacial score (nSPS) is 23.5. The van der Waals surface area contributed by atoms with Gasteiger partial charge >= 0.3 is 12.0 Å². The third-order valence-electron chi connectivity index (χ3n) is 3.98. The molecule has 2 heterocycles. The van der Waals surface area contributed by atoms with Gasteiger partial charge < -0.3 is 15.4 Å². The Morgan fingerprint density at radius 3 is 2.62 bits per heavy atom. The molecule has 2 N–H and O–H groups in total. The Bertz CT molecular complexity index is 428. The van der Waals surface area contributed by atoms with Crippen LogP contribution in [0.3, 0.4) is 0 Å². The van der Waals surface area contributed by atoms with E-state index >= 15 is 0 Å². The van der Waals surface area contributed by atoms with Crippen LogP contribution in [0.15, 0.2) is 11.3 Å². The van der Waals surface area contributed by atoms with E-state index < -0.39 is 0 Å². The first-order valence-corrected chi connectivity index (χ1v) is 7.85. The minimum absolute atomic E-state index is 0.234.